The van der Waals surface area contributed by atoms with E-state index in [1.54, 1.807) is 6.07 Å². The van der Waals surface area contributed by atoms with Gasteiger partial charge in [0.25, 0.3) is 11.6 Å². The van der Waals surface area contributed by atoms with Crippen LogP contribution in [0.5, 0.6) is 0 Å². The van der Waals surface area contributed by atoms with Crippen molar-refractivity contribution in [3.05, 3.63) is 39.9 Å². The molecule has 2 N–H and O–H groups in total. The summed E-state index contributed by atoms with van der Waals surface area (Å²) in [6.45, 7) is 0. The van der Waals surface area contributed by atoms with Gasteiger partial charge in [-0.3, -0.25) is 19.9 Å². The van der Waals surface area contributed by atoms with Gasteiger partial charge in [0.05, 0.1) is 22.4 Å². The van der Waals surface area contributed by atoms with Crippen molar-refractivity contribution in [2.24, 2.45) is 15.7 Å². The molecule has 0 bridgehead atoms. The molecule has 0 spiro atoms. The average molecular weight is 232 g/mol. The molecule has 0 aliphatic carbocycles. The van der Waals surface area contributed by atoms with E-state index in [-0.39, 0.29) is 17.0 Å². The van der Waals surface area contributed by atoms with E-state index in [0.29, 0.717) is 0 Å². The molecule has 1 aliphatic heterocycles. The first kappa shape index (κ1) is 11.1. The Kier molecular flexibility index (Phi) is 2.75. The zero-order chi connectivity index (χ0) is 12.4. The lowest BCUT2D eigenvalue weighted by molar-refractivity contribution is -0.385. The van der Waals surface area contributed by atoms with E-state index in [0.717, 1.165) is 0 Å². The Labute approximate surface area is 95.8 Å². The van der Waals surface area contributed by atoms with Gasteiger partial charge < -0.3 is 5.73 Å². The van der Waals surface area contributed by atoms with Crippen LogP contribution in [0.15, 0.2) is 34.3 Å². The second kappa shape index (κ2) is 4.22. The molecule has 1 heterocycles. The molecule has 1 unspecified atom stereocenters. The number of hydrogen-bond donors (Lipinski definition) is 1. The van der Waals surface area contributed by atoms with Crippen LogP contribution in [0, 0.1) is 10.1 Å². The van der Waals surface area contributed by atoms with Crippen molar-refractivity contribution in [1.29, 1.82) is 0 Å². The summed E-state index contributed by atoms with van der Waals surface area (Å²) in [6, 6.07) is 6.01. The van der Waals surface area contributed by atoms with Crippen molar-refractivity contribution in [3.8, 4) is 0 Å². The molecule has 86 valence electrons. The predicted molar refractivity (Wildman–Crippen MR) is 61.1 cm³/mol. The number of nitro groups is 1. The molecule has 0 saturated carbocycles. The van der Waals surface area contributed by atoms with Gasteiger partial charge in [-0.1, -0.05) is 12.1 Å². The molecule has 1 aromatic rings. The third-order valence-corrected chi connectivity index (χ3v) is 2.22. The molecular formula is C10H8N4O3. The first-order chi connectivity index (χ1) is 8.09. The van der Waals surface area contributed by atoms with Gasteiger partial charge in [-0.25, -0.2) is 4.99 Å². The highest BCUT2D eigenvalue weighted by atomic mass is 16.6. The van der Waals surface area contributed by atoms with E-state index < -0.39 is 17.0 Å². The lowest BCUT2D eigenvalue weighted by atomic mass is 10.1. The van der Waals surface area contributed by atoms with Crippen LogP contribution >= 0.6 is 0 Å². The molecule has 1 aromatic carbocycles. The quantitative estimate of drug-likeness (QED) is 0.583. The van der Waals surface area contributed by atoms with E-state index in [1.165, 1.54) is 24.4 Å². The van der Waals surface area contributed by atoms with Crippen molar-refractivity contribution in [2.45, 2.75) is 6.17 Å². The molecule has 0 aromatic heterocycles. The van der Waals surface area contributed by atoms with Crippen LogP contribution < -0.4 is 5.73 Å². The summed E-state index contributed by atoms with van der Waals surface area (Å²) in [7, 11) is 0. The van der Waals surface area contributed by atoms with E-state index in [1.807, 2.05) is 0 Å². The van der Waals surface area contributed by atoms with Crippen LogP contribution in [0.4, 0.5) is 5.69 Å². The largest absolute Gasteiger partial charge is 0.302 e. The van der Waals surface area contributed by atoms with E-state index >= 15 is 0 Å². The Bertz CT molecular complexity index is 550. The highest BCUT2D eigenvalue weighted by molar-refractivity contribution is 6.42. The van der Waals surface area contributed by atoms with E-state index in [2.05, 4.69) is 9.98 Å². The predicted octanol–water partition coefficient (Wildman–Crippen LogP) is 0.280. The molecular weight excluding hydrogens is 224 g/mol. The number of carbonyl (C=O) groups excluding carboxylic acids is 1. The zero-order valence-corrected chi connectivity index (χ0v) is 8.61. The second-order valence-electron chi connectivity index (χ2n) is 3.33. The molecule has 17 heavy (non-hydrogen) atoms. The Balaban J connectivity index is 2.49. The summed E-state index contributed by atoms with van der Waals surface area (Å²) in [6.07, 6.45) is 0.260. The number of hydrogen-bond acceptors (Lipinski definition) is 5. The lowest BCUT2D eigenvalue weighted by Crippen LogP contribution is -2.32. The fourth-order valence-corrected chi connectivity index (χ4v) is 1.41. The first-order valence-electron chi connectivity index (χ1n) is 4.74. The third kappa shape index (κ3) is 2.08. The zero-order valence-electron chi connectivity index (χ0n) is 8.61. The summed E-state index contributed by atoms with van der Waals surface area (Å²) in [5.74, 6) is -0.611. The smallest absolute Gasteiger partial charge is 0.285 e. The topological polar surface area (TPSA) is 111 Å². The Morgan fingerprint density at radius 3 is 2.71 bits per heavy atom. The van der Waals surface area contributed by atoms with Crippen LogP contribution in [0.2, 0.25) is 0 Å². The van der Waals surface area contributed by atoms with Crippen LogP contribution in [-0.4, -0.2) is 28.9 Å². The monoisotopic (exact) mass is 232 g/mol. The van der Waals surface area contributed by atoms with Crippen molar-refractivity contribution >= 4 is 23.5 Å². The molecule has 1 aliphatic rings. The van der Waals surface area contributed by atoms with Crippen molar-refractivity contribution < 1.29 is 9.72 Å². The molecule has 0 saturated heterocycles. The van der Waals surface area contributed by atoms with E-state index in [4.69, 9.17) is 5.73 Å². The number of rotatable bonds is 2. The normalized spacial score (nSPS) is 19.0. The van der Waals surface area contributed by atoms with Crippen molar-refractivity contribution in [3.63, 3.8) is 0 Å². The van der Waals surface area contributed by atoms with Crippen LogP contribution in [0.1, 0.15) is 5.56 Å². The number of nitrogens with two attached hydrogens (primary N) is 1. The van der Waals surface area contributed by atoms with Crippen LogP contribution in [0.3, 0.4) is 0 Å². The highest BCUT2D eigenvalue weighted by Crippen LogP contribution is 2.19. The minimum Gasteiger partial charge on any atom is -0.302 e. The molecule has 2 rings (SSSR count). The summed E-state index contributed by atoms with van der Waals surface area (Å²) < 4.78 is 0. The molecule has 7 nitrogen and oxygen atoms in total. The van der Waals surface area contributed by atoms with Gasteiger partial charge in [-0.15, -0.1) is 0 Å². The standard InChI is InChI=1S/C10H8N4O3/c11-9-10(15)13-7(5-12-9)6-3-1-2-4-8(6)14(16)17/h1-5,9H,11H2. The molecule has 1 atom stereocenters. The number of carbonyl (C=O) groups is 1. The van der Waals surface area contributed by atoms with Gasteiger partial charge in [0.1, 0.15) is 0 Å². The molecule has 7 heteroatoms. The van der Waals surface area contributed by atoms with Crippen LogP contribution in [0.25, 0.3) is 0 Å². The third-order valence-electron chi connectivity index (χ3n) is 2.22. The minimum atomic E-state index is -1.01. The number of nitrogens with zero attached hydrogens (tertiary/aromatic N) is 3. The number of aliphatic imine (C=N–C) groups is 2. The maximum atomic E-state index is 11.3. The van der Waals surface area contributed by atoms with Crippen LogP contribution in [-0.2, 0) is 4.79 Å². The van der Waals surface area contributed by atoms with Gasteiger partial charge >= 0.3 is 0 Å². The summed E-state index contributed by atoms with van der Waals surface area (Å²) in [5, 5.41) is 10.8. The van der Waals surface area contributed by atoms with Gasteiger partial charge in [-0.2, -0.15) is 0 Å². The molecule has 0 fully saturated rings. The summed E-state index contributed by atoms with van der Waals surface area (Å²) in [4.78, 5) is 28.9. The number of nitro benzene ring substituents is 1. The lowest BCUT2D eigenvalue weighted by Gasteiger charge is -2.09. The second-order valence-corrected chi connectivity index (χ2v) is 3.33. The fraction of sp³-hybridized carbons (Fsp3) is 0.100. The molecule has 1 amide bonds. The van der Waals surface area contributed by atoms with Gasteiger partial charge in [-0.05, 0) is 6.07 Å². The Morgan fingerprint density at radius 2 is 2.06 bits per heavy atom. The number of benzene rings is 1. The van der Waals surface area contributed by atoms with E-state index in [9.17, 15) is 14.9 Å². The average Bonchev–Trinajstić information content (AvgIpc) is 2.32. The maximum absolute atomic E-state index is 11.3. The van der Waals surface area contributed by atoms with Gasteiger partial charge in [0.15, 0.2) is 6.17 Å². The molecule has 0 radical (unpaired) electrons. The fourth-order valence-electron chi connectivity index (χ4n) is 1.41. The minimum absolute atomic E-state index is 0.124. The Morgan fingerprint density at radius 1 is 1.35 bits per heavy atom. The number of para-hydroxylation sites is 1. The number of amides is 1. The SMILES string of the molecule is NC1N=CC(c2ccccc2[N+](=O)[O-])=NC1=O. The summed E-state index contributed by atoms with van der Waals surface area (Å²) >= 11 is 0. The van der Waals surface area contributed by atoms with Crippen molar-refractivity contribution in [1.82, 2.24) is 0 Å². The maximum Gasteiger partial charge on any atom is 0.285 e. The first-order valence-corrected chi connectivity index (χ1v) is 4.74. The van der Waals surface area contributed by atoms with Gasteiger partial charge in [0.2, 0.25) is 0 Å². The highest BCUT2D eigenvalue weighted by Gasteiger charge is 2.22. The van der Waals surface area contributed by atoms with Crippen molar-refractivity contribution in [2.75, 3.05) is 0 Å². The Hall–Kier alpha value is -2.41. The summed E-state index contributed by atoms with van der Waals surface area (Å²) in [5.41, 5.74) is 5.61. The van der Waals surface area contributed by atoms with Gasteiger partial charge in [0, 0.05) is 6.07 Å².